The molecule has 0 unspecified atom stereocenters. The number of nitrogens with one attached hydrogen (secondary N) is 1. The maximum absolute atomic E-state index is 13.4. The molecule has 0 radical (unpaired) electrons. The second kappa shape index (κ2) is 9.55. The summed E-state index contributed by atoms with van der Waals surface area (Å²) < 4.78 is 49.1. The van der Waals surface area contributed by atoms with E-state index in [0.29, 0.717) is 39.8 Å². The Kier molecular flexibility index (Phi) is 6.52. The van der Waals surface area contributed by atoms with Crippen LogP contribution in [0.5, 0.6) is 23.0 Å². The maximum atomic E-state index is 13.4. The van der Waals surface area contributed by atoms with Crippen LogP contribution in [0.25, 0.3) is 10.9 Å². The first-order chi connectivity index (χ1) is 16.9. The van der Waals surface area contributed by atoms with E-state index < -0.39 is 10.0 Å². The molecule has 0 aliphatic carbocycles. The van der Waals surface area contributed by atoms with Gasteiger partial charge >= 0.3 is 0 Å². The molecule has 4 aromatic rings. The van der Waals surface area contributed by atoms with Crippen LogP contribution in [0.4, 0.5) is 17.1 Å². The van der Waals surface area contributed by atoms with Gasteiger partial charge in [-0.25, -0.2) is 12.4 Å². The third kappa shape index (κ3) is 4.21. The molecule has 0 amide bonds. The lowest BCUT2D eigenvalue weighted by Gasteiger charge is -2.16. The minimum absolute atomic E-state index is 0.0162. The van der Waals surface area contributed by atoms with Crippen molar-refractivity contribution in [3.8, 4) is 23.0 Å². The summed E-state index contributed by atoms with van der Waals surface area (Å²) in [7, 11) is 2.00. The first-order valence-corrected chi connectivity index (χ1v) is 11.8. The number of nitroso groups, excluding NO2 is 1. The van der Waals surface area contributed by atoms with Crippen LogP contribution in [0.15, 0.2) is 70.9 Å². The van der Waals surface area contributed by atoms with Gasteiger partial charge in [0.1, 0.15) is 11.4 Å². The zero-order chi connectivity index (χ0) is 25.2. The third-order valence-electron chi connectivity index (χ3n) is 5.45. The first kappa shape index (κ1) is 23.9. The van der Waals surface area contributed by atoms with Gasteiger partial charge in [0.05, 0.1) is 38.9 Å². The highest BCUT2D eigenvalue weighted by Gasteiger charge is 2.23. The topological polar surface area (TPSA) is 117 Å². The number of anilines is 2. The number of nitrogens with zero attached hydrogens (tertiary/aromatic N) is 2. The Morgan fingerprint density at radius 1 is 0.829 bits per heavy atom. The van der Waals surface area contributed by atoms with Crippen LogP contribution in [-0.4, -0.2) is 40.8 Å². The summed E-state index contributed by atoms with van der Waals surface area (Å²) in [6.07, 6.45) is 1.39. The fourth-order valence-electron chi connectivity index (χ4n) is 3.77. The minimum atomic E-state index is -4.02. The van der Waals surface area contributed by atoms with E-state index in [0.717, 1.165) is 3.97 Å². The maximum Gasteiger partial charge on any atom is 0.268 e. The standard InChI is InChI=1S/C24H23N3O7S/c1-31-16-5-7-17(8-6-16)35(29,30)27-12-11-18-19(9-10-20(26-28)23(18)27)25-15-13-21(32-2)24(34-4)22(14-15)33-3/h5-14,25H,1-4H3. The predicted octanol–water partition coefficient (Wildman–Crippen LogP) is 5.05. The summed E-state index contributed by atoms with van der Waals surface area (Å²) >= 11 is 0. The van der Waals surface area contributed by atoms with E-state index in [2.05, 4.69) is 10.5 Å². The van der Waals surface area contributed by atoms with Crippen molar-refractivity contribution in [3.63, 3.8) is 0 Å². The Labute approximate surface area is 202 Å². The number of aromatic nitrogens is 1. The van der Waals surface area contributed by atoms with Crippen molar-refractivity contribution in [1.29, 1.82) is 0 Å². The minimum Gasteiger partial charge on any atom is -0.497 e. The molecule has 182 valence electrons. The smallest absolute Gasteiger partial charge is 0.268 e. The average Bonchev–Trinajstić information content (AvgIpc) is 3.35. The van der Waals surface area contributed by atoms with Crippen molar-refractivity contribution in [2.45, 2.75) is 4.90 Å². The van der Waals surface area contributed by atoms with Crippen molar-refractivity contribution < 1.29 is 27.4 Å². The van der Waals surface area contributed by atoms with Crippen molar-refractivity contribution in [3.05, 3.63) is 65.7 Å². The molecule has 1 aromatic heterocycles. The summed E-state index contributed by atoms with van der Waals surface area (Å²) in [6, 6.07) is 14.1. The zero-order valence-corrected chi connectivity index (χ0v) is 20.3. The zero-order valence-electron chi connectivity index (χ0n) is 19.4. The summed E-state index contributed by atoms with van der Waals surface area (Å²) in [6.45, 7) is 0. The van der Waals surface area contributed by atoms with Crippen LogP contribution in [-0.2, 0) is 10.0 Å². The quantitative estimate of drug-likeness (QED) is 0.319. The summed E-state index contributed by atoms with van der Waals surface area (Å²) in [4.78, 5) is 11.6. The van der Waals surface area contributed by atoms with Crippen LogP contribution in [0.2, 0.25) is 0 Å². The fourth-order valence-corrected chi connectivity index (χ4v) is 5.13. The number of hydrogen-bond acceptors (Lipinski definition) is 9. The number of hydrogen-bond donors (Lipinski definition) is 1. The Morgan fingerprint density at radius 3 is 2.03 bits per heavy atom. The summed E-state index contributed by atoms with van der Waals surface area (Å²) in [5.74, 6) is 1.84. The van der Waals surface area contributed by atoms with Gasteiger partial charge in [0.15, 0.2) is 11.5 Å². The second-order valence-corrected chi connectivity index (χ2v) is 9.13. The van der Waals surface area contributed by atoms with Crippen molar-refractivity contribution in [2.24, 2.45) is 5.18 Å². The molecule has 0 saturated carbocycles. The van der Waals surface area contributed by atoms with Gasteiger partial charge in [-0.3, -0.25) is 0 Å². The molecular weight excluding hydrogens is 474 g/mol. The predicted molar refractivity (Wildman–Crippen MR) is 132 cm³/mol. The Morgan fingerprint density at radius 2 is 1.49 bits per heavy atom. The average molecular weight is 498 g/mol. The van der Waals surface area contributed by atoms with Crippen molar-refractivity contribution in [1.82, 2.24) is 3.97 Å². The fraction of sp³-hybridized carbons (Fsp3) is 0.167. The van der Waals surface area contributed by atoms with Crippen LogP contribution < -0.4 is 24.3 Å². The van der Waals surface area contributed by atoms with E-state index in [1.54, 1.807) is 36.4 Å². The van der Waals surface area contributed by atoms with Crippen LogP contribution in [0, 0.1) is 4.91 Å². The van der Waals surface area contributed by atoms with E-state index in [9.17, 15) is 13.3 Å². The van der Waals surface area contributed by atoms with E-state index in [-0.39, 0.29) is 16.1 Å². The Hall–Kier alpha value is -4.25. The van der Waals surface area contributed by atoms with Crippen LogP contribution >= 0.6 is 0 Å². The number of benzene rings is 3. The molecule has 11 heteroatoms. The number of fused-ring (bicyclic) bond motifs is 1. The molecule has 10 nitrogen and oxygen atoms in total. The highest BCUT2D eigenvalue weighted by molar-refractivity contribution is 7.90. The first-order valence-electron chi connectivity index (χ1n) is 10.3. The number of rotatable bonds is 9. The molecule has 1 N–H and O–H groups in total. The lowest BCUT2D eigenvalue weighted by molar-refractivity contribution is 0.324. The summed E-state index contributed by atoms with van der Waals surface area (Å²) in [5, 5.41) is 6.77. The Balaban J connectivity index is 1.84. The number of ether oxygens (including phenoxy) is 4. The van der Waals surface area contributed by atoms with Gasteiger partial charge in [-0.1, -0.05) is 0 Å². The van der Waals surface area contributed by atoms with E-state index in [1.165, 1.54) is 52.8 Å². The van der Waals surface area contributed by atoms with E-state index >= 15 is 0 Å². The molecule has 0 saturated heterocycles. The molecule has 0 atom stereocenters. The van der Waals surface area contributed by atoms with Crippen LogP contribution in [0.1, 0.15) is 0 Å². The third-order valence-corrected chi connectivity index (χ3v) is 7.14. The Bertz CT molecular complexity index is 1470. The van der Waals surface area contributed by atoms with Gasteiger partial charge in [-0.15, -0.1) is 4.91 Å². The molecule has 0 aliphatic rings. The SMILES string of the molecule is COc1ccc(S(=O)(=O)n2ccc3c(Nc4cc(OC)c(OC)c(OC)c4)ccc(N=O)c32)cc1. The molecule has 1 heterocycles. The second-order valence-electron chi connectivity index (χ2n) is 7.32. The molecule has 35 heavy (non-hydrogen) atoms. The molecule has 3 aromatic carbocycles. The van der Waals surface area contributed by atoms with E-state index in [1.807, 2.05) is 0 Å². The van der Waals surface area contributed by atoms with Crippen molar-refractivity contribution in [2.75, 3.05) is 33.8 Å². The van der Waals surface area contributed by atoms with Gasteiger partial charge in [0.2, 0.25) is 5.75 Å². The van der Waals surface area contributed by atoms with Gasteiger partial charge in [-0.2, -0.15) is 0 Å². The van der Waals surface area contributed by atoms with Gasteiger partial charge in [0.25, 0.3) is 10.0 Å². The molecule has 0 bridgehead atoms. The van der Waals surface area contributed by atoms with Gasteiger partial charge in [0, 0.05) is 35.1 Å². The number of methoxy groups -OCH3 is 4. The van der Waals surface area contributed by atoms with Crippen molar-refractivity contribution >= 4 is 38.0 Å². The van der Waals surface area contributed by atoms with Gasteiger partial charge in [-0.05, 0) is 47.6 Å². The van der Waals surface area contributed by atoms with Crippen LogP contribution in [0.3, 0.4) is 0 Å². The lowest BCUT2D eigenvalue weighted by Crippen LogP contribution is -2.11. The highest BCUT2D eigenvalue weighted by Crippen LogP contribution is 2.42. The summed E-state index contributed by atoms with van der Waals surface area (Å²) in [5.41, 5.74) is 1.27. The lowest BCUT2D eigenvalue weighted by atomic mass is 10.1. The normalized spacial score (nSPS) is 11.2. The molecule has 0 spiro atoms. The highest BCUT2D eigenvalue weighted by atomic mass is 32.2. The molecular formula is C24H23N3O7S. The molecule has 4 rings (SSSR count). The molecule has 0 aliphatic heterocycles. The van der Waals surface area contributed by atoms with Gasteiger partial charge < -0.3 is 24.3 Å². The monoisotopic (exact) mass is 497 g/mol. The molecule has 0 fully saturated rings. The largest absolute Gasteiger partial charge is 0.497 e. The van der Waals surface area contributed by atoms with E-state index in [4.69, 9.17) is 18.9 Å².